The summed E-state index contributed by atoms with van der Waals surface area (Å²) in [5.74, 6) is 0.841. The van der Waals surface area contributed by atoms with Crippen molar-refractivity contribution in [2.24, 2.45) is 11.3 Å². The van der Waals surface area contributed by atoms with Crippen LogP contribution in [-0.4, -0.2) is 61.7 Å². The van der Waals surface area contributed by atoms with Gasteiger partial charge in [-0.3, -0.25) is 0 Å². The van der Waals surface area contributed by atoms with E-state index in [1.54, 1.807) is 0 Å². The second kappa shape index (κ2) is 7.94. The van der Waals surface area contributed by atoms with Gasteiger partial charge in [0.1, 0.15) is 0 Å². The van der Waals surface area contributed by atoms with E-state index in [1.807, 2.05) is 0 Å². The molecule has 0 spiro atoms. The van der Waals surface area contributed by atoms with Crippen molar-refractivity contribution in [3.63, 3.8) is 0 Å². The molecule has 2 fully saturated rings. The summed E-state index contributed by atoms with van der Waals surface area (Å²) in [5.41, 5.74) is 0.542. The van der Waals surface area contributed by atoms with Gasteiger partial charge in [-0.25, -0.2) is 0 Å². The summed E-state index contributed by atoms with van der Waals surface area (Å²) in [6, 6.07) is 0.752. The maximum absolute atomic E-state index is 3.83. The molecule has 0 amide bonds. The van der Waals surface area contributed by atoms with Gasteiger partial charge >= 0.3 is 0 Å². The molecule has 2 atom stereocenters. The van der Waals surface area contributed by atoms with Crippen molar-refractivity contribution in [3.05, 3.63) is 0 Å². The summed E-state index contributed by atoms with van der Waals surface area (Å²) < 4.78 is 0. The maximum Gasteiger partial charge on any atom is 0.0110 e. The second-order valence-electron chi connectivity index (χ2n) is 7.96. The van der Waals surface area contributed by atoms with Crippen LogP contribution >= 0.6 is 0 Å². The largest absolute Gasteiger partial charge is 0.314 e. The third kappa shape index (κ3) is 5.22. The molecule has 0 aromatic rings. The first-order valence-corrected chi connectivity index (χ1v) is 9.22. The van der Waals surface area contributed by atoms with Crippen LogP contribution in [0.3, 0.4) is 0 Å². The molecule has 124 valence electrons. The molecule has 1 aliphatic carbocycles. The van der Waals surface area contributed by atoms with Crippen molar-refractivity contribution in [1.29, 1.82) is 0 Å². The molecule has 0 aromatic heterocycles. The average Bonchev–Trinajstić information content (AvgIpc) is 2.47. The van der Waals surface area contributed by atoms with Gasteiger partial charge in [0, 0.05) is 38.8 Å². The van der Waals surface area contributed by atoms with Crippen molar-refractivity contribution in [2.45, 2.75) is 59.4 Å². The molecular weight excluding hydrogens is 258 g/mol. The van der Waals surface area contributed by atoms with E-state index in [0.29, 0.717) is 5.41 Å². The highest BCUT2D eigenvalue weighted by Crippen LogP contribution is 2.39. The first-order valence-electron chi connectivity index (χ1n) is 9.22. The minimum atomic E-state index is 0.542. The highest BCUT2D eigenvalue weighted by molar-refractivity contribution is 4.91. The number of hydrogen-bond acceptors (Lipinski definition) is 3. The third-order valence-corrected chi connectivity index (χ3v) is 5.58. The lowest BCUT2D eigenvalue weighted by molar-refractivity contribution is 0.0716. The molecule has 2 aliphatic rings. The number of likely N-dealkylation sites (N-methyl/N-ethyl adjacent to an activating group) is 1. The molecule has 2 unspecified atom stereocenters. The molecule has 1 heterocycles. The molecular formula is C18H37N3. The predicted octanol–water partition coefficient (Wildman–Crippen LogP) is 2.82. The van der Waals surface area contributed by atoms with Gasteiger partial charge in [0.15, 0.2) is 0 Å². The molecule has 21 heavy (non-hydrogen) atoms. The Morgan fingerprint density at radius 1 is 1.05 bits per heavy atom. The van der Waals surface area contributed by atoms with E-state index in [9.17, 15) is 0 Å². The Morgan fingerprint density at radius 3 is 2.33 bits per heavy atom. The molecule has 0 bridgehead atoms. The average molecular weight is 296 g/mol. The Morgan fingerprint density at radius 2 is 1.71 bits per heavy atom. The van der Waals surface area contributed by atoms with E-state index in [-0.39, 0.29) is 0 Å². The number of nitrogens with one attached hydrogen (secondary N) is 1. The Bertz CT molecular complexity index is 295. The van der Waals surface area contributed by atoms with Gasteiger partial charge in [0.05, 0.1) is 0 Å². The summed E-state index contributed by atoms with van der Waals surface area (Å²) in [4.78, 5) is 5.30. The SMILES string of the molecule is CCCNC1CCC(C)(C)CC1CN1CCN(CC)CC1. The van der Waals surface area contributed by atoms with Crippen LogP contribution in [0.4, 0.5) is 0 Å². The molecule has 1 N–H and O–H groups in total. The number of hydrogen-bond donors (Lipinski definition) is 1. The maximum atomic E-state index is 3.83. The van der Waals surface area contributed by atoms with E-state index < -0.39 is 0 Å². The van der Waals surface area contributed by atoms with Crippen LogP contribution in [0.2, 0.25) is 0 Å². The molecule has 3 nitrogen and oxygen atoms in total. The van der Waals surface area contributed by atoms with E-state index in [4.69, 9.17) is 0 Å². The van der Waals surface area contributed by atoms with Crippen LogP contribution in [-0.2, 0) is 0 Å². The van der Waals surface area contributed by atoms with Crippen molar-refractivity contribution >= 4 is 0 Å². The van der Waals surface area contributed by atoms with Gasteiger partial charge in [-0.2, -0.15) is 0 Å². The minimum Gasteiger partial charge on any atom is -0.314 e. The molecule has 0 aromatic carbocycles. The summed E-state index contributed by atoms with van der Waals surface area (Å²) in [6.45, 7) is 18.3. The monoisotopic (exact) mass is 295 g/mol. The van der Waals surface area contributed by atoms with Gasteiger partial charge in [-0.15, -0.1) is 0 Å². The van der Waals surface area contributed by atoms with Crippen LogP contribution < -0.4 is 5.32 Å². The van der Waals surface area contributed by atoms with E-state index in [1.165, 1.54) is 71.5 Å². The van der Waals surface area contributed by atoms with Crippen molar-refractivity contribution in [1.82, 2.24) is 15.1 Å². The second-order valence-corrected chi connectivity index (χ2v) is 7.96. The molecule has 2 rings (SSSR count). The zero-order chi connectivity index (χ0) is 15.3. The Balaban J connectivity index is 1.87. The molecule has 1 saturated heterocycles. The van der Waals surface area contributed by atoms with Crippen molar-refractivity contribution < 1.29 is 0 Å². The highest BCUT2D eigenvalue weighted by Gasteiger charge is 2.35. The van der Waals surface area contributed by atoms with Gasteiger partial charge in [0.25, 0.3) is 0 Å². The fourth-order valence-corrected chi connectivity index (χ4v) is 4.15. The number of piperazine rings is 1. The molecule has 3 heteroatoms. The van der Waals surface area contributed by atoms with Gasteiger partial charge in [-0.1, -0.05) is 27.7 Å². The van der Waals surface area contributed by atoms with Crippen molar-refractivity contribution in [2.75, 3.05) is 45.8 Å². The first kappa shape index (κ1) is 17.2. The zero-order valence-corrected chi connectivity index (χ0v) is 14.8. The fourth-order valence-electron chi connectivity index (χ4n) is 4.15. The smallest absolute Gasteiger partial charge is 0.0110 e. The van der Waals surface area contributed by atoms with Crippen LogP contribution in [0, 0.1) is 11.3 Å². The lowest BCUT2D eigenvalue weighted by Gasteiger charge is -2.44. The van der Waals surface area contributed by atoms with E-state index >= 15 is 0 Å². The standard InChI is InChI=1S/C18H37N3/c1-5-9-19-17-7-8-18(3,4)14-16(17)15-21-12-10-20(6-2)11-13-21/h16-17,19H,5-15H2,1-4H3. The quantitative estimate of drug-likeness (QED) is 0.813. The van der Waals surface area contributed by atoms with Gasteiger partial charge in [0.2, 0.25) is 0 Å². The predicted molar refractivity (Wildman–Crippen MR) is 91.8 cm³/mol. The van der Waals surface area contributed by atoms with Crippen LogP contribution in [0.1, 0.15) is 53.4 Å². The Kier molecular flexibility index (Phi) is 6.51. The summed E-state index contributed by atoms with van der Waals surface area (Å²) in [7, 11) is 0. The lowest BCUT2D eigenvalue weighted by Crippen LogP contribution is -2.52. The number of rotatable bonds is 6. The summed E-state index contributed by atoms with van der Waals surface area (Å²) in [5, 5.41) is 3.83. The minimum absolute atomic E-state index is 0.542. The highest BCUT2D eigenvalue weighted by atomic mass is 15.3. The van der Waals surface area contributed by atoms with Crippen LogP contribution in [0.25, 0.3) is 0 Å². The Labute approximate surface area is 132 Å². The van der Waals surface area contributed by atoms with Crippen molar-refractivity contribution in [3.8, 4) is 0 Å². The van der Waals surface area contributed by atoms with E-state index in [2.05, 4.69) is 42.8 Å². The molecule has 1 saturated carbocycles. The van der Waals surface area contributed by atoms with E-state index in [0.717, 1.165) is 12.0 Å². The molecule has 0 radical (unpaired) electrons. The fraction of sp³-hybridized carbons (Fsp3) is 1.00. The third-order valence-electron chi connectivity index (χ3n) is 5.58. The van der Waals surface area contributed by atoms with Gasteiger partial charge < -0.3 is 15.1 Å². The molecule has 1 aliphatic heterocycles. The van der Waals surface area contributed by atoms with Gasteiger partial charge in [-0.05, 0) is 50.1 Å². The first-order chi connectivity index (χ1) is 10.0. The number of nitrogens with zero attached hydrogens (tertiary/aromatic N) is 2. The lowest BCUT2D eigenvalue weighted by atomic mass is 9.69. The zero-order valence-electron chi connectivity index (χ0n) is 14.8. The topological polar surface area (TPSA) is 18.5 Å². The van der Waals surface area contributed by atoms with Crippen LogP contribution in [0.15, 0.2) is 0 Å². The summed E-state index contributed by atoms with van der Waals surface area (Å²) >= 11 is 0. The summed E-state index contributed by atoms with van der Waals surface area (Å²) in [6.07, 6.45) is 5.39. The van der Waals surface area contributed by atoms with Crippen LogP contribution in [0.5, 0.6) is 0 Å². The normalized spacial score (nSPS) is 31.4. The Hall–Kier alpha value is -0.120.